The van der Waals surface area contributed by atoms with Gasteiger partial charge in [0.25, 0.3) is 11.4 Å². The molecule has 3 rings (SSSR count). The molecular weight excluding hydrogens is 372 g/mol. The zero-order valence-corrected chi connectivity index (χ0v) is 14.7. The number of rotatable bonds is 6. The predicted octanol–water partition coefficient (Wildman–Crippen LogP) is 3.22. The summed E-state index contributed by atoms with van der Waals surface area (Å²) < 4.78 is 16.6. The molecule has 1 heterocycles. The quantitative estimate of drug-likeness (QED) is 0.419. The predicted molar refractivity (Wildman–Crippen MR) is 94.3 cm³/mol. The van der Waals surface area contributed by atoms with Gasteiger partial charge in [-0.25, -0.2) is 4.79 Å². The maximum atomic E-state index is 12.3. The lowest BCUT2D eigenvalue weighted by Gasteiger charge is -2.15. The van der Waals surface area contributed by atoms with E-state index in [9.17, 15) is 25.0 Å². The van der Waals surface area contributed by atoms with Crippen molar-refractivity contribution in [3.05, 3.63) is 79.9 Å². The van der Waals surface area contributed by atoms with Crippen LogP contribution >= 0.6 is 0 Å². The molecule has 0 aromatic heterocycles. The Labute approximate surface area is 158 Å². The molecule has 2 aromatic rings. The van der Waals surface area contributed by atoms with Crippen molar-refractivity contribution in [1.29, 1.82) is 0 Å². The van der Waals surface area contributed by atoms with Gasteiger partial charge in [-0.3, -0.25) is 20.2 Å². The average Bonchev–Trinajstić information content (AvgIpc) is 3.14. The van der Waals surface area contributed by atoms with Gasteiger partial charge in [0.15, 0.2) is 12.4 Å². The van der Waals surface area contributed by atoms with Gasteiger partial charge in [0.05, 0.1) is 16.5 Å². The molecule has 3 atom stereocenters. The van der Waals surface area contributed by atoms with E-state index in [1.807, 2.05) is 0 Å². The van der Waals surface area contributed by atoms with E-state index in [1.165, 1.54) is 48.5 Å². The van der Waals surface area contributed by atoms with Crippen LogP contribution in [0.15, 0.2) is 48.5 Å². The van der Waals surface area contributed by atoms with Crippen molar-refractivity contribution in [3.63, 3.8) is 0 Å². The number of benzene rings is 2. The fraction of sp³-hybridized carbons (Fsp3) is 0.278. The Morgan fingerprint density at radius 2 is 1.43 bits per heavy atom. The number of nitro groups is 2. The Kier molecular flexibility index (Phi) is 5.62. The first-order valence-electron chi connectivity index (χ1n) is 8.37. The summed E-state index contributed by atoms with van der Waals surface area (Å²) in [7, 11) is 0. The third kappa shape index (κ3) is 3.97. The van der Waals surface area contributed by atoms with Gasteiger partial charge in [-0.15, -0.1) is 0 Å². The average molecular weight is 388 g/mol. The number of nitrogens with zero attached hydrogens (tertiary/aromatic N) is 2. The fourth-order valence-corrected chi connectivity index (χ4v) is 2.79. The van der Waals surface area contributed by atoms with E-state index in [-0.39, 0.29) is 18.0 Å². The molecule has 0 bridgehead atoms. The van der Waals surface area contributed by atoms with Crippen LogP contribution in [0, 0.1) is 20.2 Å². The number of ether oxygens (including phenoxy) is 3. The van der Waals surface area contributed by atoms with E-state index in [1.54, 1.807) is 6.92 Å². The van der Waals surface area contributed by atoms with Crippen LogP contribution in [0.4, 0.5) is 11.4 Å². The molecule has 10 heteroatoms. The zero-order valence-electron chi connectivity index (χ0n) is 14.7. The van der Waals surface area contributed by atoms with Crippen LogP contribution in [0.2, 0.25) is 0 Å². The van der Waals surface area contributed by atoms with Gasteiger partial charge in [0.2, 0.25) is 0 Å². The van der Waals surface area contributed by atoms with Crippen LogP contribution in [0.5, 0.6) is 0 Å². The van der Waals surface area contributed by atoms with Crippen molar-refractivity contribution in [3.8, 4) is 0 Å². The number of esters is 1. The Balaban J connectivity index is 1.87. The SMILES string of the molecule is CCOC(=O)[C@@H]1O[C@H](c2ccc([N+](=O)[O-])cc2)O[C@H]1c1ccc([N+](=O)[O-])cc1. The molecule has 0 N–H and O–H groups in total. The van der Waals surface area contributed by atoms with E-state index < -0.39 is 34.3 Å². The van der Waals surface area contributed by atoms with E-state index in [2.05, 4.69) is 0 Å². The van der Waals surface area contributed by atoms with E-state index in [0.29, 0.717) is 11.1 Å². The standard InChI is InChI=1S/C18H16N2O8/c1-2-26-17(21)16-15(11-3-7-13(8-4-11)19(22)23)27-18(28-16)12-5-9-14(10-6-12)20(24)25/h3-10,15-16,18H,2H2,1H3/t15-,16+,18+/m0/s1. The Morgan fingerprint density at radius 1 is 0.929 bits per heavy atom. The number of hydrogen-bond acceptors (Lipinski definition) is 8. The summed E-state index contributed by atoms with van der Waals surface area (Å²) in [5, 5.41) is 21.6. The van der Waals surface area contributed by atoms with Crippen LogP contribution in [-0.4, -0.2) is 28.5 Å². The fourth-order valence-electron chi connectivity index (χ4n) is 2.79. The molecule has 0 aliphatic carbocycles. The van der Waals surface area contributed by atoms with Gasteiger partial charge in [-0.1, -0.05) is 0 Å². The van der Waals surface area contributed by atoms with Crippen LogP contribution in [0.3, 0.4) is 0 Å². The first-order valence-corrected chi connectivity index (χ1v) is 8.37. The van der Waals surface area contributed by atoms with E-state index in [0.717, 1.165) is 0 Å². The second-order valence-electron chi connectivity index (χ2n) is 5.89. The smallest absolute Gasteiger partial charge is 0.338 e. The first kappa shape index (κ1) is 19.4. The molecule has 10 nitrogen and oxygen atoms in total. The van der Waals surface area contributed by atoms with Crippen molar-refractivity contribution in [2.45, 2.75) is 25.4 Å². The summed E-state index contributed by atoms with van der Waals surface area (Å²) in [6, 6.07) is 11.1. The Hall–Kier alpha value is -3.37. The van der Waals surface area contributed by atoms with Crippen molar-refractivity contribution < 1.29 is 28.9 Å². The highest BCUT2D eigenvalue weighted by Gasteiger charge is 2.43. The Morgan fingerprint density at radius 3 is 1.89 bits per heavy atom. The van der Waals surface area contributed by atoms with E-state index in [4.69, 9.17) is 14.2 Å². The Bertz CT molecular complexity index is 881. The summed E-state index contributed by atoms with van der Waals surface area (Å²) in [5.41, 5.74) is 0.815. The van der Waals surface area contributed by atoms with Crippen LogP contribution in [0.25, 0.3) is 0 Å². The molecule has 1 fully saturated rings. The van der Waals surface area contributed by atoms with Gasteiger partial charge in [0.1, 0.15) is 6.10 Å². The maximum Gasteiger partial charge on any atom is 0.338 e. The molecule has 0 radical (unpaired) electrons. The second kappa shape index (κ2) is 8.11. The van der Waals surface area contributed by atoms with Gasteiger partial charge < -0.3 is 14.2 Å². The third-order valence-electron chi connectivity index (χ3n) is 4.14. The first-order chi connectivity index (χ1) is 13.4. The summed E-state index contributed by atoms with van der Waals surface area (Å²) in [6.45, 7) is 1.80. The zero-order chi connectivity index (χ0) is 20.3. The molecule has 0 saturated carbocycles. The molecule has 0 spiro atoms. The largest absolute Gasteiger partial charge is 0.464 e. The van der Waals surface area contributed by atoms with Crippen molar-refractivity contribution >= 4 is 17.3 Å². The number of nitro benzene ring substituents is 2. The molecule has 146 valence electrons. The maximum absolute atomic E-state index is 12.3. The molecule has 1 aliphatic heterocycles. The van der Waals surface area contributed by atoms with Crippen LogP contribution in [0.1, 0.15) is 30.4 Å². The molecule has 0 amide bonds. The highest BCUT2D eigenvalue weighted by molar-refractivity contribution is 5.76. The topological polar surface area (TPSA) is 131 Å². The van der Waals surface area contributed by atoms with Crippen molar-refractivity contribution in [2.24, 2.45) is 0 Å². The lowest BCUT2D eigenvalue weighted by molar-refractivity contribution is -0.385. The number of non-ortho nitro benzene ring substituents is 2. The molecule has 1 saturated heterocycles. The monoisotopic (exact) mass is 388 g/mol. The minimum Gasteiger partial charge on any atom is -0.464 e. The van der Waals surface area contributed by atoms with Gasteiger partial charge in [-0.05, 0) is 36.8 Å². The molecule has 0 unspecified atom stereocenters. The summed E-state index contributed by atoms with van der Waals surface area (Å²) in [6.07, 6.45) is -2.88. The molecule has 28 heavy (non-hydrogen) atoms. The van der Waals surface area contributed by atoms with Crippen LogP contribution in [-0.2, 0) is 19.0 Å². The summed E-state index contributed by atoms with van der Waals surface area (Å²) in [4.78, 5) is 32.9. The van der Waals surface area contributed by atoms with Crippen molar-refractivity contribution in [1.82, 2.24) is 0 Å². The highest BCUT2D eigenvalue weighted by Crippen LogP contribution is 2.41. The normalized spacial score (nSPS) is 21.2. The third-order valence-corrected chi connectivity index (χ3v) is 4.14. The molecule has 2 aromatic carbocycles. The van der Waals surface area contributed by atoms with Crippen molar-refractivity contribution in [2.75, 3.05) is 6.61 Å². The molecular formula is C18H16N2O8. The van der Waals surface area contributed by atoms with Gasteiger partial charge in [0, 0.05) is 29.8 Å². The summed E-state index contributed by atoms with van der Waals surface area (Å²) in [5.74, 6) is -0.629. The number of carbonyl (C=O) groups excluding carboxylic acids is 1. The lowest BCUT2D eigenvalue weighted by atomic mass is 10.0. The van der Waals surface area contributed by atoms with Gasteiger partial charge >= 0.3 is 5.97 Å². The summed E-state index contributed by atoms with van der Waals surface area (Å²) >= 11 is 0. The molecule has 1 aliphatic rings. The minimum absolute atomic E-state index is 0.0874. The number of hydrogen-bond donors (Lipinski definition) is 0. The van der Waals surface area contributed by atoms with Crippen LogP contribution < -0.4 is 0 Å². The van der Waals surface area contributed by atoms with Gasteiger partial charge in [-0.2, -0.15) is 0 Å². The van der Waals surface area contributed by atoms with E-state index >= 15 is 0 Å². The minimum atomic E-state index is -1.08. The highest BCUT2D eigenvalue weighted by atomic mass is 16.7. The number of carbonyl (C=O) groups is 1. The second-order valence-corrected chi connectivity index (χ2v) is 5.89. The lowest BCUT2D eigenvalue weighted by Crippen LogP contribution is -2.28.